The number of nitrogens with two attached hydrogens (primary N) is 1. The van der Waals surface area contributed by atoms with E-state index >= 15 is 0 Å². The predicted molar refractivity (Wildman–Crippen MR) is 95.8 cm³/mol. The van der Waals surface area contributed by atoms with Crippen molar-refractivity contribution in [3.8, 4) is 0 Å². The molecule has 5 N–H and O–H groups in total. The number of nitrogen functional groups attached to an aromatic ring is 1. The zero-order chi connectivity index (χ0) is 18.2. The van der Waals surface area contributed by atoms with Crippen molar-refractivity contribution in [1.29, 1.82) is 0 Å². The molecule has 134 valence electrons. The van der Waals surface area contributed by atoms with Gasteiger partial charge in [0.2, 0.25) is 0 Å². The highest BCUT2D eigenvalue weighted by Crippen LogP contribution is 2.22. The fraction of sp³-hybridized carbons (Fsp3) is 0.316. The van der Waals surface area contributed by atoms with Gasteiger partial charge in [-0.05, 0) is 36.1 Å². The summed E-state index contributed by atoms with van der Waals surface area (Å²) in [7, 11) is 0. The molecule has 0 aromatic heterocycles. The molecule has 25 heavy (non-hydrogen) atoms. The Kier molecular flexibility index (Phi) is 6.80. The summed E-state index contributed by atoms with van der Waals surface area (Å²) in [5.74, 6) is 0. The van der Waals surface area contributed by atoms with Crippen LogP contribution in [0.4, 0.5) is 10.5 Å². The van der Waals surface area contributed by atoms with Gasteiger partial charge in [-0.15, -0.1) is 0 Å². The van der Waals surface area contributed by atoms with Crippen LogP contribution in [0.3, 0.4) is 0 Å². The van der Waals surface area contributed by atoms with Gasteiger partial charge in [0.1, 0.15) is 12.7 Å². The van der Waals surface area contributed by atoms with Crippen LogP contribution < -0.4 is 11.1 Å². The second-order valence-corrected chi connectivity index (χ2v) is 5.91. The third-order valence-electron chi connectivity index (χ3n) is 3.93. The number of ether oxygens (including phenoxy) is 1. The fourth-order valence-corrected chi connectivity index (χ4v) is 2.32. The Labute approximate surface area is 147 Å². The Morgan fingerprint density at radius 3 is 2.60 bits per heavy atom. The summed E-state index contributed by atoms with van der Waals surface area (Å²) < 4.78 is 5.07. The molecule has 2 unspecified atom stereocenters. The van der Waals surface area contributed by atoms with E-state index in [4.69, 9.17) is 10.5 Å². The molecule has 0 radical (unpaired) electrons. The molecule has 0 heterocycles. The number of aryl methyl sites for hydroxylation is 1. The van der Waals surface area contributed by atoms with E-state index in [-0.39, 0.29) is 19.6 Å². The Hall–Kier alpha value is -2.57. The Morgan fingerprint density at radius 2 is 1.92 bits per heavy atom. The van der Waals surface area contributed by atoms with Crippen molar-refractivity contribution in [1.82, 2.24) is 5.32 Å². The fourth-order valence-electron chi connectivity index (χ4n) is 2.32. The topological polar surface area (TPSA) is 105 Å². The van der Waals surface area contributed by atoms with Gasteiger partial charge in [-0.25, -0.2) is 4.79 Å². The number of aliphatic hydroxyl groups excluding tert-OH is 2. The first-order valence-corrected chi connectivity index (χ1v) is 8.14. The summed E-state index contributed by atoms with van der Waals surface area (Å²) in [4.78, 5) is 11.6. The Morgan fingerprint density at radius 1 is 1.20 bits per heavy atom. The lowest BCUT2D eigenvalue weighted by Gasteiger charge is -2.19. The average Bonchev–Trinajstić information content (AvgIpc) is 2.62. The lowest BCUT2D eigenvalue weighted by Crippen LogP contribution is -2.29. The van der Waals surface area contributed by atoms with E-state index in [2.05, 4.69) is 5.32 Å². The monoisotopic (exact) mass is 344 g/mol. The van der Waals surface area contributed by atoms with E-state index < -0.39 is 18.3 Å². The number of amides is 1. The molecule has 6 heteroatoms. The Balaban J connectivity index is 1.72. The summed E-state index contributed by atoms with van der Waals surface area (Å²) in [6.45, 7) is 2.24. The summed E-state index contributed by atoms with van der Waals surface area (Å²) in [5, 5.41) is 22.8. The van der Waals surface area contributed by atoms with E-state index in [0.717, 1.165) is 11.1 Å². The smallest absolute Gasteiger partial charge is 0.407 e. The summed E-state index contributed by atoms with van der Waals surface area (Å²) in [6, 6.07) is 14.5. The molecule has 0 bridgehead atoms. The van der Waals surface area contributed by atoms with E-state index in [1.807, 2.05) is 37.3 Å². The number of benzene rings is 2. The molecular weight excluding hydrogens is 320 g/mol. The van der Waals surface area contributed by atoms with Gasteiger partial charge in [0, 0.05) is 12.2 Å². The number of aliphatic hydroxyl groups is 2. The van der Waals surface area contributed by atoms with Crippen molar-refractivity contribution in [2.75, 3.05) is 12.3 Å². The maximum atomic E-state index is 11.6. The molecule has 0 saturated heterocycles. The van der Waals surface area contributed by atoms with Crippen LogP contribution >= 0.6 is 0 Å². The van der Waals surface area contributed by atoms with Crippen LogP contribution in [0.25, 0.3) is 0 Å². The van der Waals surface area contributed by atoms with Gasteiger partial charge in [-0.2, -0.15) is 0 Å². The van der Waals surface area contributed by atoms with Crippen LogP contribution in [0, 0.1) is 6.92 Å². The number of anilines is 1. The normalized spacial score (nSPS) is 13.1. The van der Waals surface area contributed by atoms with Crippen LogP contribution in [0.15, 0.2) is 48.5 Å². The number of carbonyl (C=O) groups excluding carboxylic acids is 1. The van der Waals surface area contributed by atoms with Crippen LogP contribution in [0.2, 0.25) is 0 Å². The van der Waals surface area contributed by atoms with Gasteiger partial charge in [0.15, 0.2) is 0 Å². The number of rotatable bonds is 7. The molecular formula is C19H24N2O4. The second kappa shape index (κ2) is 9.05. The number of hydrogen-bond acceptors (Lipinski definition) is 5. The molecule has 2 atom stereocenters. The minimum absolute atomic E-state index is 0.181. The Bertz CT molecular complexity index is 691. The molecule has 2 aromatic rings. The summed E-state index contributed by atoms with van der Waals surface area (Å²) >= 11 is 0. The lowest BCUT2D eigenvalue weighted by atomic mass is 10.00. The first kappa shape index (κ1) is 18.8. The zero-order valence-corrected chi connectivity index (χ0v) is 14.2. The van der Waals surface area contributed by atoms with Crippen LogP contribution in [-0.2, 0) is 11.3 Å². The third-order valence-corrected chi connectivity index (χ3v) is 3.93. The highest BCUT2D eigenvalue weighted by molar-refractivity contribution is 5.67. The highest BCUT2D eigenvalue weighted by atomic mass is 16.5. The minimum atomic E-state index is -1.06. The van der Waals surface area contributed by atoms with Crippen molar-refractivity contribution in [3.63, 3.8) is 0 Å². The van der Waals surface area contributed by atoms with E-state index in [1.54, 1.807) is 18.2 Å². The SMILES string of the molecule is Cc1ccc(C(O)C(O)CCNC(=O)OCc2ccccc2)cc1N. The third kappa shape index (κ3) is 5.77. The van der Waals surface area contributed by atoms with E-state index in [9.17, 15) is 15.0 Å². The molecule has 6 nitrogen and oxygen atoms in total. The molecule has 0 fully saturated rings. The summed E-state index contributed by atoms with van der Waals surface area (Å²) in [5.41, 5.74) is 8.72. The molecule has 0 aliphatic rings. The average molecular weight is 344 g/mol. The largest absolute Gasteiger partial charge is 0.445 e. The summed E-state index contributed by atoms with van der Waals surface area (Å²) in [6.07, 6.45) is -2.46. The first-order valence-electron chi connectivity index (χ1n) is 8.14. The van der Waals surface area contributed by atoms with E-state index in [1.165, 1.54) is 0 Å². The molecule has 0 aliphatic heterocycles. The van der Waals surface area contributed by atoms with Crippen molar-refractivity contribution in [2.45, 2.75) is 32.2 Å². The quantitative estimate of drug-likeness (QED) is 0.577. The van der Waals surface area contributed by atoms with Gasteiger partial charge in [0.05, 0.1) is 6.10 Å². The number of nitrogens with one attached hydrogen (secondary N) is 1. The van der Waals surface area contributed by atoms with Crippen molar-refractivity contribution in [3.05, 3.63) is 65.2 Å². The van der Waals surface area contributed by atoms with Crippen molar-refractivity contribution < 1.29 is 19.7 Å². The molecule has 2 rings (SSSR count). The maximum absolute atomic E-state index is 11.6. The van der Waals surface area contributed by atoms with Crippen molar-refractivity contribution in [2.24, 2.45) is 0 Å². The van der Waals surface area contributed by atoms with Crippen LogP contribution in [0.5, 0.6) is 0 Å². The van der Waals surface area contributed by atoms with Crippen molar-refractivity contribution >= 4 is 11.8 Å². The van der Waals surface area contributed by atoms with Gasteiger partial charge in [0.25, 0.3) is 0 Å². The van der Waals surface area contributed by atoms with Gasteiger partial charge in [-0.3, -0.25) is 0 Å². The number of alkyl carbamates (subject to hydrolysis) is 1. The molecule has 0 saturated carbocycles. The lowest BCUT2D eigenvalue weighted by molar-refractivity contribution is 0.0136. The van der Waals surface area contributed by atoms with Gasteiger partial charge >= 0.3 is 6.09 Å². The standard InChI is InChI=1S/C19H24N2O4/c1-13-7-8-15(11-16(13)20)18(23)17(22)9-10-21-19(24)25-12-14-5-3-2-4-6-14/h2-8,11,17-18,22-23H,9-10,12,20H2,1H3,(H,21,24). The highest BCUT2D eigenvalue weighted by Gasteiger charge is 2.19. The van der Waals surface area contributed by atoms with Crippen LogP contribution in [0.1, 0.15) is 29.2 Å². The first-order chi connectivity index (χ1) is 12.0. The molecule has 0 spiro atoms. The zero-order valence-electron chi connectivity index (χ0n) is 14.2. The molecule has 0 aliphatic carbocycles. The minimum Gasteiger partial charge on any atom is -0.445 e. The van der Waals surface area contributed by atoms with Gasteiger partial charge in [-0.1, -0.05) is 42.5 Å². The number of carbonyl (C=O) groups is 1. The number of hydrogen-bond donors (Lipinski definition) is 4. The molecule has 2 aromatic carbocycles. The van der Waals surface area contributed by atoms with Crippen LogP contribution in [-0.4, -0.2) is 29.0 Å². The van der Waals surface area contributed by atoms with Gasteiger partial charge < -0.3 is 26.0 Å². The maximum Gasteiger partial charge on any atom is 0.407 e. The second-order valence-electron chi connectivity index (χ2n) is 5.91. The predicted octanol–water partition coefficient (Wildman–Crippen LogP) is 2.29. The molecule has 1 amide bonds. The van der Waals surface area contributed by atoms with E-state index in [0.29, 0.717) is 11.3 Å².